The molecular formula is C7H5F9O3S. The van der Waals surface area contributed by atoms with E-state index < -0.39 is 33.4 Å². The van der Waals surface area contributed by atoms with Crippen LogP contribution in [0.15, 0.2) is 12.3 Å². The predicted molar refractivity (Wildman–Crippen MR) is 45.7 cm³/mol. The van der Waals surface area contributed by atoms with Crippen molar-refractivity contribution in [2.45, 2.75) is 30.2 Å². The molecule has 120 valence electrons. The van der Waals surface area contributed by atoms with Gasteiger partial charge in [-0.05, 0) is 6.92 Å². The molecule has 0 heterocycles. The first-order valence-corrected chi connectivity index (χ1v) is 5.71. The normalized spacial score (nSPS) is 15.7. The quantitative estimate of drug-likeness (QED) is 0.438. The Hall–Kier alpha value is -1.14. The Morgan fingerprint density at radius 3 is 1.55 bits per heavy atom. The van der Waals surface area contributed by atoms with E-state index >= 15 is 0 Å². The van der Waals surface area contributed by atoms with E-state index in [-0.39, 0.29) is 6.26 Å². The summed E-state index contributed by atoms with van der Waals surface area (Å²) in [5, 5.41) is -6.82. The molecule has 0 aromatic heterocycles. The van der Waals surface area contributed by atoms with Gasteiger partial charge in [0.2, 0.25) is 0 Å². The topological polar surface area (TPSA) is 43.4 Å². The molecule has 0 saturated heterocycles. The largest absolute Gasteiger partial charge is 0.460 e. The monoisotopic (exact) mass is 340 g/mol. The van der Waals surface area contributed by atoms with E-state index in [9.17, 15) is 47.9 Å². The third kappa shape index (κ3) is 2.67. The van der Waals surface area contributed by atoms with Gasteiger partial charge in [-0.1, -0.05) is 6.08 Å². The van der Waals surface area contributed by atoms with Gasteiger partial charge in [0, 0.05) is 0 Å². The molecule has 0 aliphatic carbocycles. The van der Waals surface area contributed by atoms with Crippen LogP contribution in [0.3, 0.4) is 0 Å². The van der Waals surface area contributed by atoms with Crippen molar-refractivity contribution in [3.05, 3.63) is 12.3 Å². The van der Waals surface area contributed by atoms with E-state index in [2.05, 4.69) is 4.18 Å². The van der Waals surface area contributed by atoms with E-state index in [1.54, 1.807) is 0 Å². The van der Waals surface area contributed by atoms with Gasteiger partial charge in [-0.15, -0.1) is 0 Å². The molecule has 0 saturated carbocycles. The molecule has 0 aliphatic rings. The number of hydrogen-bond donors (Lipinski definition) is 0. The van der Waals surface area contributed by atoms with Crippen LogP contribution in [0.5, 0.6) is 0 Å². The van der Waals surface area contributed by atoms with Gasteiger partial charge < -0.3 is 4.18 Å². The first kappa shape index (κ1) is 18.9. The molecule has 0 aliphatic heterocycles. The van der Waals surface area contributed by atoms with Gasteiger partial charge in [0.1, 0.15) is 6.26 Å². The van der Waals surface area contributed by atoms with Crippen molar-refractivity contribution in [3.8, 4) is 0 Å². The summed E-state index contributed by atoms with van der Waals surface area (Å²) >= 11 is 0. The Morgan fingerprint density at radius 1 is 0.850 bits per heavy atom. The zero-order valence-corrected chi connectivity index (χ0v) is 10.0. The lowest BCUT2D eigenvalue weighted by molar-refractivity contribution is -0.382. The van der Waals surface area contributed by atoms with Crippen LogP contribution in [0.2, 0.25) is 0 Å². The number of allylic oxidation sites excluding steroid dienone is 1. The SMILES string of the molecule is C/C=C/OS(=O)(=O)C(F)(F)C(F)(F)C(F)(F)C(F)(F)F. The molecule has 13 heteroatoms. The molecule has 0 aromatic carbocycles. The van der Waals surface area contributed by atoms with Gasteiger partial charge in [-0.3, -0.25) is 0 Å². The average molecular weight is 340 g/mol. The Labute approximate surface area is 106 Å². The first-order valence-electron chi connectivity index (χ1n) is 4.30. The van der Waals surface area contributed by atoms with E-state index in [1.807, 2.05) is 0 Å². The highest BCUT2D eigenvalue weighted by Crippen LogP contribution is 2.54. The molecule has 20 heavy (non-hydrogen) atoms. The van der Waals surface area contributed by atoms with Crippen LogP contribution < -0.4 is 0 Å². The zero-order chi connectivity index (χ0) is 16.6. The fraction of sp³-hybridized carbons (Fsp3) is 0.714. The second-order valence-corrected chi connectivity index (χ2v) is 4.80. The summed E-state index contributed by atoms with van der Waals surface area (Å²) in [5.74, 6) is -14.6. The highest BCUT2D eigenvalue weighted by Gasteiger charge is 2.86. The minimum absolute atomic E-state index is 0.106. The summed E-state index contributed by atoms with van der Waals surface area (Å²) in [4.78, 5) is 0. The van der Waals surface area contributed by atoms with Crippen molar-refractivity contribution in [3.63, 3.8) is 0 Å². The van der Waals surface area contributed by atoms with Crippen molar-refractivity contribution in [2.24, 2.45) is 0 Å². The molecule has 0 spiro atoms. The summed E-state index contributed by atoms with van der Waals surface area (Å²) in [7, 11) is -6.77. The van der Waals surface area contributed by atoms with Crippen molar-refractivity contribution >= 4 is 10.1 Å². The highest BCUT2D eigenvalue weighted by atomic mass is 32.2. The molecule has 0 fully saturated rings. The number of halogens is 9. The lowest BCUT2D eigenvalue weighted by atomic mass is 10.1. The molecule has 0 atom stereocenters. The second kappa shape index (κ2) is 5.00. The van der Waals surface area contributed by atoms with Crippen LogP contribution in [-0.2, 0) is 14.3 Å². The van der Waals surface area contributed by atoms with Crippen molar-refractivity contribution in [1.82, 2.24) is 0 Å². The molecule has 0 unspecified atom stereocenters. The number of alkyl halides is 9. The van der Waals surface area contributed by atoms with Crippen LogP contribution in [0.25, 0.3) is 0 Å². The molecule has 3 nitrogen and oxygen atoms in total. The van der Waals surface area contributed by atoms with Gasteiger partial charge in [-0.2, -0.15) is 47.9 Å². The van der Waals surface area contributed by atoms with Gasteiger partial charge in [0.25, 0.3) is 0 Å². The third-order valence-corrected chi connectivity index (χ3v) is 3.00. The van der Waals surface area contributed by atoms with Crippen molar-refractivity contribution in [2.75, 3.05) is 0 Å². The Morgan fingerprint density at radius 2 is 1.25 bits per heavy atom. The number of hydrogen-bond acceptors (Lipinski definition) is 3. The van der Waals surface area contributed by atoms with Crippen LogP contribution in [-0.4, -0.2) is 31.7 Å². The van der Waals surface area contributed by atoms with Gasteiger partial charge >= 0.3 is 33.4 Å². The molecule has 0 aromatic rings. The predicted octanol–water partition coefficient (Wildman–Crippen LogP) is 3.29. The summed E-state index contributed by atoms with van der Waals surface area (Å²) in [6.07, 6.45) is -6.62. The first-order chi connectivity index (χ1) is 8.56. The van der Waals surface area contributed by atoms with Gasteiger partial charge in [0.05, 0.1) is 0 Å². The lowest BCUT2D eigenvalue weighted by Crippen LogP contribution is -2.63. The van der Waals surface area contributed by atoms with Crippen LogP contribution in [0, 0.1) is 0 Å². The zero-order valence-electron chi connectivity index (χ0n) is 9.19. The van der Waals surface area contributed by atoms with Gasteiger partial charge in [0.15, 0.2) is 0 Å². The van der Waals surface area contributed by atoms with Crippen molar-refractivity contribution in [1.29, 1.82) is 0 Å². The minimum atomic E-state index is -7.30. The Bertz CT molecular complexity index is 476. The third-order valence-electron chi connectivity index (χ3n) is 1.75. The average Bonchev–Trinajstić information content (AvgIpc) is 2.24. The van der Waals surface area contributed by atoms with E-state index in [0.717, 1.165) is 6.92 Å². The summed E-state index contributed by atoms with van der Waals surface area (Å²) in [6, 6.07) is 0. The van der Waals surface area contributed by atoms with E-state index in [4.69, 9.17) is 0 Å². The molecule has 0 rings (SSSR count). The molecule has 0 amide bonds. The van der Waals surface area contributed by atoms with Crippen LogP contribution in [0.4, 0.5) is 39.5 Å². The Balaban J connectivity index is 5.94. The lowest BCUT2D eigenvalue weighted by Gasteiger charge is -2.32. The van der Waals surface area contributed by atoms with Crippen LogP contribution >= 0.6 is 0 Å². The highest BCUT2D eigenvalue weighted by molar-refractivity contribution is 7.88. The van der Waals surface area contributed by atoms with Crippen LogP contribution in [0.1, 0.15) is 6.92 Å². The minimum Gasteiger partial charge on any atom is -0.386 e. The maximum Gasteiger partial charge on any atom is 0.460 e. The second-order valence-electron chi connectivity index (χ2n) is 3.18. The fourth-order valence-electron chi connectivity index (χ4n) is 0.707. The molecule has 0 bridgehead atoms. The molecule has 0 N–H and O–H groups in total. The fourth-order valence-corrected chi connectivity index (χ4v) is 1.53. The smallest absolute Gasteiger partial charge is 0.386 e. The van der Waals surface area contributed by atoms with E-state index in [0.29, 0.717) is 6.08 Å². The summed E-state index contributed by atoms with van der Waals surface area (Å²) in [5.41, 5.74) is 0. The summed E-state index contributed by atoms with van der Waals surface area (Å²) in [6.45, 7) is 0.968. The maximum absolute atomic E-state index is 12.9. The molecule has 0 radical (unpaired) electrons. The summed E-state index contributed by atoms with van der Waals surface area (Å²) < 4.78 is 135. The maximum atomic E-state index is 12.9. The molecular weight excluding hydrogens is 335 g/mol. The van der Waals surface area contributed by atoms with E-state index in [1.165, 1.54) is 0 Å². The van der Waals surface area contributed by atoms with Gasteiger partial charge in [-0.25, -0.2) is 0 Å². The van der Waals surface area contributed by atoms with Crippen molar-refractivity contribution < 1.29 is 52.1 Å². The standard InChI is InChI=1S/C7H5F9O3S/c1-2-3-19-20(17,18)7(15,16)5(10,11)4(8,9)6(12,13)14/h2-3H,1H3/b3-2+. The Kier molecular flexibility index (Phi) is 4.72. The number of rotatable bonds is 5.